The third kappa shape index (κ3) is 2.75. The van der Waals surface area contributed by atoms with Gasteiger partial charge in [0, 0.05) is 26.2 Å². The monoisotopic (exact) mass is 341 g/mol. The number of aromatic nitrogens is 5. The van der Waals surface area contributed by atoms with Crippen molar-refractivity contribution in [1.29, 1.82) is 0 Å². The maximum Gasteiger partial charge on any atom is 0.246 e. The molecule has 10 heteroatoms. The van der Waals surface area contributed by atoms with Crippen LogP contribution in [0.5, 0.6) is 0 Å². The van der Waals surface area contributed by atoms with Gasteiger partial charge in [0.15, 0.2) is 0 Å². The third-order valence-electron chi connectivity index (χ3n) is 4.55. The smallest absolute Gasteiger partial charge is 0.246 e. The lowest BCUT2D eigenvalue weighted by Gasteiger charge is -2.33. The number of anilines is 4. The number of piperazine rings is 1. The number of H-pyrrole nitrogens is 1. The molecule has 2 aliphatic heterocycles. The lowest BCUT2D eigenvalue weighted by atomic mass is 10.2. The highest BCUT2D eigenvalue weighted by atomic mass is 16.2. The summed E-state index contributed by atoms with van der Waals surface area (Å²) in [7, 11) is 1.76. The molecule has 0 saturated carbocycles. The average Bonchev–Trinajstić information content (AvgIpc) is 3.37. The van der Waals surface area contributed by atoms with Gasteiger partial charge in [-0.05, 0) is 12.5 Å². The number of amides is 1. The quantitative estimate of drug-likeness (QED) is 0.668. The standard InChI is InChI=1S/C15H19N9O/c1-3-12(25)23-7-10-6-9(23)8-24(10)15-20-13(16-2)19-14(21-15)18-11-4-5-17-22-11/h3-5,9-10H,1,6-8H2,2H3,(H3,16,17,18,19,20,21,22). The van der Waals surface area contributed by atoms with Crippen LogP contribution in [0.2, 0.25) is 0 Å². The van der Waals surface area contributed by atoms with E-state index in [1.807, 2.05) is 4.90 Å². The van der Waals surface area contributed by atoms with Crippen molar-refractivity contribution in [1.82, 2.24) is 30.0 Å². The van der Waals surface area contributed by atoms with Crippen molar-refractivity contribution in [3.63, 3.8) is 0 Å². The highest BCUT2D eigenvalue weighted by Crippen LogP contribution is 2.33. The summed E-state index contributed by atoms with van der Waals surface area (Å²) in [5, 5.41) is 12.7. The molecule has 4 rings (SSSR count). The van der Waals surface area contributed by atoms with Gasteiger partial charge in [-0.15, -0.1) is 0 Å². The SMILES string of the molecule is C=CC(=O)N1CC2CC1CN2c1nc(NC)nc(Nc2ccn[nH]2)n1. The van der Waals surface area contributed by atoms with Gasteiger partial charge in [0.2, 0.25) is 23.8 Å². The fraction of sp³-hybridized carbons (Fsp3) is 0.400. The first kappa shape index (κ1) is 15.4. The van der Waals surface area contributed by atoms with Crippen LogP contribution in [0.4, 0.5) is 23.7 Å². The minimum atomic E-state index is -0.0136. The fourth-order valence-corrected chi connectivity index (χ4v) is 3.41. The van der Waals surface area contributed by atoms with E-state index in [9.17, 15) is 4.79 Å². The number of nitrogens with one attached hydrogen (secondary N) is 3. The van der Waals surface area contributed by atoms with Crippen molar-refractivity contribution in [3.05, 3.63) is 24.9 Å². The molecule has 4 heterocycles. The number of aromatic amines is 1. The summed E-state index contributed by atoms with van der Waals surface area (Å²) < 4.78 is 0. The van der Waals surface area contributed by atoms with Crippen molar-refractivity contribution in [3.8, 4) is 0 Å². The first-order chi connectivity index (χ1) is 12.2. The fourth-order valence-electron chi connectivity index (χ4n) is 3.41. The Kier molecular flexibility index (Phi) is 3.71. The van der Waals surface area contributed by atoms with Crippen LogP contribution in [0.1, 0.15) is 6.42 Å². The summed E-state index contributed by atoms with van der Waals surface area (Å²) in [5.41, 5.74) is 0. The summed E-state index contributed by atoms with van der Waals surface area (Å²) in [6.45, 7) is 4.95. The summed E-state index contributed by atoms with van der Waals surface area (Å²) in [5.74, 6) is 2.19. The molecule has 2 fully saturated rings. The van der Waals surface area contributed by atoms with Crippen LogP contribution in [-0.2, 0) is 4.79 Å². The Morgan fingerprint density at radius 3 is 2.80 bits per heavy atom. The van der Waals surface area contributed by atoms with Crippen LogP contribution in [0, 0.1) is 0 Å². The van der Waals surface area contributed by atoms with E-state index in [2.05, 4.69) is 47.3 Å². The second kappa shape index (κ2) is 6.04. The van der Waals surface area contributed by atoms with Crippen LogP contribution in [0.3, 0.4) is 0 Å². The van der Waals surface area contributed by atoms with Gasteiger partial charge in [0.25, 0.3) is 0 Å². The highest BCUT2D eigenvalue weighted by Gasteiger charge is 2.45. The molecule has 130 valence electrons. The second-order valence-corrected chi connectivity index (χ2v) is 6.02. The number of fused-ring (bicyclic) bond motifs is 2. The predicted octanol–water partition coefficient (Wildman–Crippen LogP) is 0.355. The van der Waals surface area contributed by atoms with Gasteiger partial charge < -0.3 is 20.4 Å². The Hall–Kier alpha value is -3.17. The molecular formula is C15H19N9O. The highest BCUT2D eigenvalue weighted by molar-refractivity contribution is 5.88. The zero-order valence-electron chi connectivity index (χ0n) is 13.8. The van der Waals surface area contributed by atoms with Crippen LogP contribution in [0.15, 0.2) is 24.9 Å². The lowest BCUT2D eigenvalue weighted by Crippen LogP contribution is -2.49. The van der Waals surface area contributed by atoms with E-state index in [0.29, 0.717) is 36.8 Å². The summed E-state index contributed by atoms with van der Waals surface area (Å²) >= 11 is 0. The number of nitrogens with zero attached hydrogens (tertiary/aromatic N) is 6. The normalized spacial score (nSPS) is 21.5. The average molecular weight is 341 g/mol. The van der Waals surface area contributed by atoms with Crippen LogP contribution in [-0.4, -0.2) is 68.2 Å². The van der Waals surface area contributed by atoms with Crippen molar-refractivity contribution < 1.29 is 4.79 Å². The van der Waals surface area contributed by atoms with Gasteiger partial charge in [-0.3, -0.25) is 9.89 Å². The maximum absolute atomic E-state index is 11.9. The third-order valence-corrected chi connectivity index (χ3v) is 4.55. The van der Waals surface area contributed by atoms with E-state index in [0.717, 1.165) is 6.42 Å². The van der Waals surface area contributed by atoms with Gasteiger partial charge in [0.1, 0.15) is 5.82 Å². The van der Waals surface area contributed by atoms with E-state index in [1.54, 1.807) is 19.3 Å². The molecule has 25 heavy (non-hydrogen) atoms. The van der Waals surface area contributed by atoms with Crippen LogP contribution < -0.4 is 15.5 Å². The van der Waals surface area contributed by atoms with Gasteiger partial charge in [-0.1, -0.05) is 6.58 Å². The van der Waals surface area contributed by atoms with Gasteiger partial charge >= 0.3 is 0 Å². The molecule has 1 amide bonds. The Bertz CT molecular complexity index is 790. The number of hydrogen-bond acceptors (Lipinski definition) is 8. The van der Waals surface area contributed by atoms with E-state index in [4.69, 9.17) is 0 Å². The minimum absolute atomic E-state index is 0.0136. The van der Waals surface area contributed by atoms with E-state index >= 15 is 0 Å². The number of likely N-dealkylation sites (tertiary alicyclic amines) is 1. The minimum Gasteiger partial charge on any atom is -0.357 e. The molecule has 2 aliphatic rings. The zero-order valence-corrected chi connectivity index (χ0v) is 13.8. The molecule has 0 aliphatic carbocycles. The van der Waals surface area contributed by atoms with Crippen LogP contribution >= 0.6 is 0 Å². The van der Waals surface area contributed by atoms with Crippen molar-refractivity contribution in [2.24, 2.45) is 0 Å². The molecule has 2 saturated heterocycles. The molecule has 2 aromatic rings. The largest absolute Gasteiger partial charge is 0.357 e. The van der Waals surface area contributed by atoms with E-state index in [-0.39, 0.29) is 18.0 Å². The summed E-state index contributed by atoms with van der Waals surface area (Å²) in [6.07, 6.45) is 3.94. The predicted molar refractivity (Wildman–Crippen MR) is 92.7 cm³/mol. The van der Waals surface area contributed by atoms with E-state index in [1.165, 1.54) is 6.08 Å². The van der Waals surface area contributed by atoms with Crippen molar-refractivity contribution in [2.45, 2.75) is 18.5 Å². The van der Waals surface area contributed by atoms with E-state index < -0.39 is 0 Å². The Balaban J connectivity index is 1.57. The molecule has 2 aromatic heterocycles. The van der Waals surface area contributed by atoms with Crippen LogP contribution in [0.25, 0.3) is 0 Å². The van der Waals surface area contributed by atoms with Gasteiger partial charge in [-0.25, -0.2) is 0 Å². The molecule has 2 bridgehead atoms. The first-order valence-electron chi connectivity index (χ1n) is 8.08. The summed E-state index contributed by atoms with van der Waals surface area (Å²) in [6, 6.07) is 2.18. The van der Waals surface area contributed by atoms with Gasteiger partial charge in [-0.2, -0.15) is 20.1 Å². The molecule has 10 nitrogen and oxygen atoms in total. The summed E-state index contributed by atoms with van der Waals surface area (Å²) in [4.78, 5) is 29.2. The Labute approximate surface area is 144 Å². The second-order valence-electron chi connectivity index (χ2n) is 6.02. The van der Waals surface area contributed by atoms with Crippen molar-refractivity contribution in [2.75, 3.05) is 35.7 Å². The molecular weight excluding hydrogens is 322 g/mol. The number of carbonyl (C=O) groups excluding carboxylic acids is 1. The van der Waals surface area contributed by atoms with Crippen molar-refractivity contribution >= 4 is 29.6 Å². The number of carbonyl (C=O) groups is 1. The molecule has 3 N–H and O–H groups in total. The molecule has 0 radical (unpaired) electrons. The lowest BCUT2D eigenvalue weighted by molar-refractivity contribution is -0.127. The molecule has 0 aromatic carbocycles. The Morgan fingerprint density at radius 2 is 2.16 bits per heavy atom. The topological polar surface area (TPSA) is 115 Å². The number of hydrogen-bond donors (Lipinski definition) is 3. The zero-order chi connectivity index (χ0) is 17.4. The first-order valence-corrected chi connectivity index (χ1v) is 8.08. The van der Waals surface area contributed by atoms with Gasteiger partial charge in [0.05, 0.1) is 18.3 Å². The number of rotatable bonds is 5. The maximum atomic E-state index is 11.9. The molecule has 0 spiro atoms. The molecule has 2 unspecified atom stereocenters. The Morgan fingerprint density at radius 1 is 1.32 bits per heavy atom. The molecule has 2 atom stereocenters.